The number of nitrogens with one attached hydrogen (secondary N) is 1. The molecular formula is C13H16ClNO. The van der Waals surface area contributed by atoms with E-state index in [-0.39, 0.29) is 0 Å². The van der Waals surface area contributed by atoms with Gasteiger partial charge in [0.25, 0.3) is 0 Å². The predicted molar refractivity (Wildman–Crippen MR) is 65.3 cm³/mol. The average Bonchev–Trinajstić information content (AvgIpc) is 2.87. The van der Waals surface area contributed by atoms with Crippen molar-refractivity contribution in [3.8, 4) is 5.75 Å². The second-order valence-electron chi connectivity index (χ2n) is 4.71. The fourth-order valence-corrected chi connectivity index (χ4v) is 2.96. The number of hydrogen-bond acceptors (Lipinski definition) is 2. The predicted octanol–water partition coefficient (Wildman–Crippen LogP) is 2.43. The molecule has 1 aromatic rings. The molecule has 2 aliphatic heterocycles. The summed E-state index contributed by atoms with van der Waals surface area (Å²) >= 11 is 6.14. The number of hydrogen-bond donors (Lipinski definition) is 1. The third-order valence-electron chi connectivity index (χ3n) is 3.50. The van der Waals surface area contributed by atoms with Gasteiger partial charge in [-0.15, -0.1) is 0 Å². The van der Waals surface area contributed by atoms with Gasteiger partial charge in [-0.05, 0) is 55.1 Å². The highest BCUT2D eigenvalue weighted by Gasteiger charge is 2.21. The lowest BCUT2D eigenvalue weighted by molar-refractivity contribution is 0.351. The Morgan fingerprint density at radius 2 is 2.38 bits per heavy atom. The van der Waals surface area contributed by atoms with E-state index in [1.165, 1.54) is 17.5 Å². The Hall–Kier alpha value is -0.730. The van der Waals surface area contributed by atoms with Gasteiger partial charge >= 0.3 is 0 Å². The van der Waals surface area contributed by atoms with Crippen molar-refractivity contribution in [1.82, 2.24) is 5.32 Å². The van der Waals surface area contributed by atoms with E-state index in [2.05, 4.69) is 11.4 Å². The molecule has 2 aliphatic rings. The quantitative estimate of drug-likeness (QED) is 0.853. The average molecular weight is 238 g/mol. The molecule has 0 amide bonds. The molecule has 0 radical (unpaired) electrons. The Kier molecular flexibility index (Phi) is 2.78. The van der Waals surface area contributed by atoms with E-state index in [1.54, 1.807) is 0 Å². The van der Waals surface area contributed by atoms with Crippen molar-refractivity contribution in [2.75, 3.05) is 19.7 Å². The second-order valence-corrected chi connectivity index (χ2v) is 5.15. The van der Waals surface area contributed by atoms with Gasteiger partial charge in [0, 0.05) is 11.4 Å². The molecule has 1 saturated heterocycles. The van der Waals surface area contributed by atoms with Crippen LogP contribution in [0.1, 0.15) is 17.5 Å². The van der Waals surface area contributed by atoms with Crippen LogP contribution in [0.15, 0.2) is 12.1 Å². The standard InChI is InChI=1S/C13H16ClNO/c14-12-6-10-2-4-16-13(10)11(7-12)5-9-1-3-15-8-9/h6-7,9,15H,1-5,8H2. The summed E-state index contributed by atoms with van der Waals surface area (Å²) in [6, 6.07) is 4.12. The molecule has 3 rings (SSSR count). The summed E-state index contributed by atoms with van der Waals surface area (Å²) in [5.74, 6) is 1.85. The molecule has 2 nitrogen and oxygen atoms in total. The minimum absolute atomic E-state index is 0.742. The van der Waals surface area contributed by atoms with Crippen LogP contribution in [0.4, 0.5) is 0 Å². The summed E-state index contributed by atoms with van der Waals surface area (Å²) in [6.07, 6.45) is 3.36. The zero-order chi connectivity index (χ0) is 11.0. The van der Waals surface area contributed by atoms with Crippen LogP contribution in [0.2, 0.25) is 5.02 Å². The number of ether oxygens (including phenoxy) is 1. The fraction of sp³-hybridized carbons (Fsp3) is 0.538. The van der Waals surface area contributed by atoms with E-state index in [0.29, 0.717) is 0 Å². The number of rotatable bonds is 2. The molecule has 1 N–H and O–H groups in total. The minimum atomic E-state index is 0.742. The molecule has 0 aliphatic carbocycles. The molecule has 1 unspecified atom stereocenters. The lowest BCUT2D eigenvalue weighted by Gasteiger charge is -2.12. The Morgan fingerprint density at radius 1 is 1.44 bits per heavy atom. The van der Waals surface area contributed by atoms with E-state index in [1.807, 2.05) is 6.07 Å². The molecule has 0 aromatic heterocycles. The second kappa shape index (κ2) is 4.27. The van der Waals surface area contributed by atoms with E-state index in [0.717, 1.165) is 49.2 Å². The maximum Gasteiger partial charge on any atom is 0.125 e. The third kappa shape index (κ3) is 1.92. The molecular weight excluding hydrogens is 222 g/mol. The molecule has 1 aromatic carbocycles. The molecule has 2 heterocycles. The molecule has 0 saturated carbocycles. The highest BCUT2D eigenvalue weighted by Crippen LogP contribution is 2.34. The first-order valence-corrected chi connectivity index (χ1v) is 6.35. The zero-order valence-electron chi connectivity index (χ0n) is 9.26. The largest absolute Gasteiger partial charge is 0.493 e. The molecule has 0 bridgehead atoms. The van der Waals surface area contributed by atoms with Crippen molar-refractivity contribution < 1.29 is 4.74 Å². The van der Waals surface area contributed by atoms with Crippen molar-refractivity contribution in [2.24, 2.45) is 5.92 Å². The number of halogens is 1. The van der Waals surface area contributed by atoms with Gasteiger partial charge in [0.15, 0.2) is 0 Å². The van der Waals surface area contributed by atoms with Gasteiger partial charge in [-0.2, -0.15) is 0 Å². The maximum atomic E-state index is 6.14. The monoisotopic (exact) mass is 237 g/mol. The van der Waals surface area contributed by atoms with Crippen LogP contribution < -0.4 is 10.1 Å². The van der Waals surface area contributed by atoms with Crippen LogP contribution in [0.3, 0.4) is 0 Å². The van der Waals surface area contributed by atoms with Crippen LogP contribution in [-0.4, -0.2) is 19.7 Å². The normalized spacial score (nSPS) is 23.2. The van der Waals surface area contributed by atoms with Crippen molar-refractivity contribution >= 4 is 11.6 Å². The lowest BCUT2D eigenvalue weighted by Crippen LogP contribution is -2.11. The van der Waals surface area contributed by atoms with Gasteiger partial charge in [-0.1, -0.05) is 11.6 Å². The zero-order valence-corrected chi connectivity index (χ0v) is 10.0. The summed E-state index contributed by atoms with van der Waals surface area (Å²) in [5.41, 5.74) is 2.59. The van der Waals surface area contributed by atoms with Gasteiger partial charge in [0.2, 0.25) is 0 Å². The van der Waals surface area contributed by atoms with E-state index in [9.17, 15) is 0 Å². The summed E-state index contributed by atoms with van der Waals surface area (Å²) in [6.45, 7) is 3.08. The van der Waals surface area contributed by atoms with Crippen molar-refractivity contribution in [3.63, 3.8) is 0 Å². The summed E-state index contributed by atoms with van der Waals surface area (Å²) in [4.78, 5) is 0. The van der Waals surface area contributed by atoms with Crippen LogP contribution in [-0.2, 0) is 12.8 Å². The molecule has 86 valence electrons. The first kappa shape index (κ1) is 10.4. The Morgan fingerprint density at radius 3 is 3.19 bits per heavy atom. The van der Waals surface area contributed by atoms with Crippen LogP contribution in [0.5, 0.6) is 5.75 Å². The van der Waals surface area contributed by atoms with Gasteiger partial charge in [-0.25, -0.2) is 0 Å². The SMILES string of the molecule is Clc1cc2c(c(CC3CCNC3)c1)OCC2. The Bertz CT molecular complexity index is 399. The van der Waals surface area contributed by atoms with Crippen LogP contribution in [0.25, 0.3) is 0 Å². The van der Waals surface area contributed by atoms with Crippen molar-refractivity contribution in [3.05, 3.63) is 28.3 Å². The molecule has 1 fully saturated rings. The molecule has 0 spiro atoms. The first-order valence-electron chi connectivity index (χ1n) is 5.98. The maximum absolute atomic E-state index is 6.14. The molecule has 3 heteroatoms. The highest BCUT2D eigenvalue weighted by molar-refractivity contribution is 6.30. The summed E-state index contributed by atoms with van der Waals surface area (Å²) in [7, 11) is 0. The summed E-state index contributed by atoms with van der Waals surface area (Å²) in [5, 5.41) is 4.25. The topological polar surface area (TPSA) is 21.3 Å². The molecule has 1 atom stereocenters. The highest BCUT2D eigenvalue weighted by atomic mass is 35.5. The van der Waals surface area contributed by atoms with Crippen LogP contribution >= 0.6 is 11.6 Å². The first-order chi connectivity index (χ1) is 7.83. The van der Waals surface area contributed by atoms with Gasteiger partial charge < -0.3 is 10.1 Å². The van der Waals surface area contributed by atoms with Crippen molar-refractivity contribution in [2.45, 2.75) is 19.3 Å². The van der Waals surface area contributed by atoms with E-state index >= 15 is 0 Å². The Balaban J connectivity index is 1.87. The van der Waals surface area contributed by atoms with Gasteiger partial charge in [0.05, 0.1) is 6.61 Å². The minimum Gasteiger partial charge on any atom is -0.493 e. The van der Waals surface area contributed by atoms with Gasteiger partial charge in [-0.3, -0.25) is 0 Å². The lowest BCUT2D eigenvalue weighted by atomic mass is 9.96. The molecule has 16 heavy (non-hydrogen) atoms. The van der Waals surface area contributed by atoms with Crippen LogP contribution in [0, 0.1) is 5.92 Å². The third-order valence-corrected chi connectivity index (χ3v) is 3.71. The number of fused-ring (bicyclic) bond motifs is 1. The van der Waals surface area contributed by atoms with Gasteiger partial charge in [0.1, 0.15) is 5.75 Å². The van der Waals surface area contributed by atoms with E-state index in [4.69, 9.17) is 16.3 Å². The number of benzene rings is 1. The fourth-order valence-electron chi connectivity index (χ4n) is 2.70. The van der Waals surface area contributed by atoms with Crippen molar-refractivity contribution in [1.29, 1.82) is 0 Å². The van der Waals surface area contributed by atoms with E-state index < -0.39 is 0 Å². The summed E-state index contributed by atoms with van der Waals surface area (Å²) < 4.78 is 5.72. The smallest absolute Gasteiger partial charge is 0.125 e. The Labute approximate surface area is 101 Å².